The van der Waals surface area contributed by atoms with E-state index < -0.39 is 0 Å². The molecular weight excluding hydrogens is 336 g/mol. The molecule has 0 saturated carbocycles. The molecule has 2 aromatic rings. The van der Waals surface area contributed by atoms with Crippen LogP contribution in [0, 0.1) is 0 Å². The number of fused-ring (bicyclic) bond motifs is 1. The molecule has 1 unspecified atom stereocenters. The molecule has 0 aromatic heterocycles. The van der Waals surface area contributed by atoms with Gasteiger partial charge in [-0.2, -0.15) is 0 Å². The van der Waals surface area contributed by atoms with Gasteiger partial charge in [0.15, 0.2) is 11.5 Å². The summed E-state index contributed by atoms with van der Waals surface area (Å²) in [5, 5.41) is 0. The Kier molecular flexibility index (Phi) is 5.65. The second kappa shape index (κ2) is 8.32. The van der Waals surface area contributed by atoms with Gasteiger partial charge >= 0.3 is 0 Å². The van der Waals surface area contributed by atoms with Crippen molar-refractivity contribution in [2.24, 2.45) is 0 Å². The zero-order chi connectivity index (χ0) is 18.6. The first-order chi connectivity index (χ1) is 13.3. The molecule has 27 heavy (non-hydrogen) atoms. The molecule has 1 atom stereocenters. The Hall–Kier alpha value is -2.04. The maximum absolute atomic E-state index is 5.63. The normalized spacial score (nSPS) is 20.9. The fourth-order valence-corrected chi connectivity index (χ4v) is 4.62. The molecule has 4 nitrogen and oxygen atoms in total. The van der Waals surface area contributed by atoms with Crippen molar-refractivity contribution >= 4 is 0 Å². The van der Waals surface area contributed by atoms with Crippen LogP contribution in [0.1, 0.15) is 29.5 Å². The molecule has 1 saturated heterocycles. The highest BCUT2D eigenvalue weighted by molar-refractivity contribution is 5.46. The van der Waals surface area contributed by atoms with Gasteiger partial charge in [-0.3, -0.25) is 9.80 Å². The quantitative estimate of drug-likeness (QED) is 0.805. The van der Waals surface area contributed by atoms with Crippen LogP contribution in [-0.2, 0) is 19.5 Å². The Bertz CT molecular complexity index is 777. The van der Waals surface area contributed by atoms with Gasteiger partial charge in [0.2, 0.25) is 0 Å². The minimum absolute atomic E-state index is 0.642. The molecule has 2 aliphatic heterocycles. The van der Waals surface area contributed by atoms with Gasteiger partial charge in [0.1, 0.15) is 0 Å². The predicted molar refractivity (Wildman–Crippen MR) is 108 cm³/mol. The fraction of sp³-hybridized carbons (Fsp3) is 0.478. The van der Waals surface area contributed by atoms with Crippen molar-refractivity contribution in [2.45, 2.75) is 38.4 Å². The first-order valence-corrected chi connectivity index (χ1v) is 10.0. The van der Waals surface area contributed by atoms with E-state index in [1.54, 1.807) is 14.2 Å². The number of rotatable bonds is 5. The SMILES string of the molecule is COc1cccc(CN2CCCC(N3CCc4ccccc4C3)C2)c1OC. The fourth-order valence-electron chi connectivity index (χ4n) is 4.62. The number of likely N-dealkylation sites (tertiary alicyclic amines) is 1. The molecular formula is C23H30N2O2. The van der Waals surface area contributed by atoms with Crippen LogP contribution in [0.15, 0.2) is 42.5 Å². The molecule has 0 radical (unpaired) electrons. The maximum Gasteiger partial charge on any atom is 0.165 e. The highest BCUT2D eigenvalue weighted by Gasteiger charge is 2.28. The molecule has 4 heteroatoms. The molecule has 0 spiro atoms. The zero-order valence-electron chi connectivity index (χ0n) is 16.5. The van der Waals surface area contributed by atoms with Crippen LogP contribution in [0.2, 0.25) is 0 Å². The van der Waals surface area contributed by atoms with E-state index in [4.69, 9.17) is 9.47 Å². The van der Waals surface area contributed by atoms with Gasteiger partial charge in [-0.1, -0.05) is 36.4 Å². The van der Waals surface area contributed by atoms with E-state index in [2.05, 4.69) is 46.2 Å². The van der Waals surface area contributed by atoms with E-state index in [1.165, 1.54) is 42.5 Å². The number of hydrogen-bond donors (Lipinski definition) is 0. The Morgan fingerprint density at radius 3 is 2.63 bits per heavy atom. The Morgan fingerprint density at radius 1 is 0.963 bits per heavy atom. The van der Waals surface area contributed by atoms with Crippen molar-refractivity contribution < 1.29 is 9.47 Å². The minimum Gasteiger partial charge on any atom is -0.493 e. The second-order valence-electron chi connectivity index (χ2n) is 7.67. The maximum atomic E-state index is 5.63. The number of para-hydroxylation sites is 1. The molecule has 2 aromatic carbocycles. The van der Waals surface area contributed by atoms with Gasteiger partial charge in [0.05, 0.1) is 14.2 Å². The summed E-state index contributed by atoms with van der Waals surface area (Å²) in [6.45, 7) is 5.47. The van der Waals surface area contributed by atoms with Crippen molar-refractivity contribution in [2.75, 3.05) is 33.9 Å². The highest BCUT2D eigenvalue weighted by Crippen LogP contribution is 2.32. The van der Waals surface area contributed by atoms with E-state index in [0.717, 1.165) is 37.7 Å². The number of benzene rings is 2. The molecule has 0 aliphatic carbocycles. The lowest BCUT2D eigenvalue weighted by molar-refractivity contribution is 0.0834. The monoisotopic (exact) mass is 366 g/mol. The summed E-state index contributed by atoms with van der Waals surface area (Å²) in [6, 6.07) is 15.7. The lowest BCUT2D eigenvalue weighted by Crippen LogP contribution is -2.49. The molecule has 0 amide bonds. The molecule has 0 bridgehead atoms. The summed E-state index contributed by atoms with van der Waals surface area (Å²) in [6.07, 6.45) is 3.74. The summed E-state index contributed by atoms with van der Waals surface area (Å²) in [5.74, 6) is 1.69. The summed E-state index contributed by atoms with van der Waals surface area (Å²) in [4.78, 5) is 5.27. The van der Waals surface area contributed by atoms with Crippen LogP contribution in [0.25, 0.3) is 0 Å². The van der Waals surface area contributed by atoms with Gasteiger partial charge in [-0.15, -0.1) is 0 Å². The number of methoxy groups -OCH3 is 2. The first-order valence-electron chi connectivity index (χ1n) is 10.0. The van der Waals surface area contributed by atoms with Crippen molar-refractivity contribution in [3.8, 4) is 11.5 Å². The molecule has 144 valence electrons. The zero-order valence-corrected chi connectivity index (χ0v) is 16.5. The summed E-state index contributed by atoms with van der Waals surface area (Å²) < 4.78 is 11.1. The van der Waals surface area contributed by atoms with E-state index in [0.29, 0.717) is 6.04 Å². The third-order valence-corrected chi connectivity index (χ3v) is 6.04. The minimum atomic E-state index is 0.642. The Balaban J connectivity index is 1.43. The third kappa shape index (κ3) is 3.97. The average molecular weight is 367 g/mol. The van der Waals surface area contributed by atoms with E-state index in [-0.39, 0.29) is 0 Å². The van der Waals surface area contributed by atoms with Gasteiger partial charge in [-0.05, 0) is 43.0 Å². The molecule has 1 fully saturated rings. The number of hydrogen-bond acceptors (Lipinski definition) is 4. The standard InChI is InChI=1S/C23H30N2O2/c1-26-22-11-5-9-20(23(22)27-2)15-24-13-6-10-21(17-24)25-14-12-18-7-3-4-8-19(18)16-25/h3-5,7-9,11,21H,6,10,12-17H2,1-2H3. The van der Waals surface area contributed by atoms with Gasteiger partial charge in [0, 0.05) is 37.8 Å². The molecule has 0 N–H and O–H groups in total. The Morgan fingerprint density at radius 2 is 1.81 bits per heavy atom. The van der Waals surface area contributed by atoms with Crippen LogP contribution >= 0.6 is 0 Å². The smallest absolute Gasteiger partial charge is 0.165 e. The van der Waals surface area contributed by atoms with Gasteiger partial charge in [-0.25, -0.2) is 0 Å². The van der Waals surface area contributed by atoms with Gasteiger partial charge < -0.3 is 9.47 Å². The van der Waals surface area contributed by atoms with E-state index in [9.17, 15) is 0 Å². The second-order valence-corrected chi connectivity index (χ2v) is 7.67. The number of piperidine rings is 1. The van der Waals surface area contributed by atoms with E-state index >= 15 is 0 Å². The predicted octanol–water partition coefficient (Wildman–Crippen LogP) is 3.73. The molecule has 2 heterocycles. The summed E-state index contributed by atoms with van der Waals surface area (Å²) in [7, 11) is 3.43. The van der Waals surface area contributed by atoms with Crippen LogP contribution in [0.5, 0.6) is 11.5 Å². The first kappa shape index (κ1) is 18.3. The van der Waals surface area contributed by atoms with Gasteiger partial charge in [0.25, 0.3) is 0 Å². The highest BCUT2D eigenvalue weighted by atomic mass is 16.5. The lowest BCUT2D eigenvalue weighted by atomic mass is 9.96. The van der Waals surface area contributed by atoms with E-state index in [1.807, 2.05) is 6.07 Å². The van der Waals surface area contributed by atoms with Crippen molar-refractivity contribution in [3.05, 3.63) is 59.2 Å². The average Bonchev–Trinajstić information content (AvgIpc) is 2.73. The lowest BCUT2D eigenvalue weighted by Gasteiger charge is -2.41. The van der Waals surface area contributed by atoms with Crippen LogP contribution in [-0.4, -0.2) is 49.7 Å². The topological polar surface area (TPSA) is 24.9 Å². The van der Waals surface area contributed by atoms with Crippen LogP contribution in [0.4, 0.5) is 0 Å². The summed E-state index contributed by atoms with van der Waals surface area (Å²) >= 11 is 0. The van der Waals surface area contributed by atoms with Crippen LogP contribution < -0.4 is 9.47 Å². The van der Waals surface area contributed by atoms with Crippen molar-refractivity contribution in [1.82, 2.24) is 9.80 Å². The number of nitrogens with zero attached hydrogens (tertiary/aromatic N) is 2. The molecule has 4 rings (SSSR count). The Labute approximate surface area is 162 Å². The number of ether oxygens (including phenoxy) is 2. The third-order valence-electron chi connectivity index (χ3n) is 6.04. The van der Waals surface area contributed by atoms with Crippen LogP contribution in [0.3, 0.4) is 0 Å². The van der Waals surface area contributed by atoms with Crippen molar-refractivity contribution in [1.29, 1.82) is 0 Å². The molecule has 2 aliphatic rings. The summed E-state index contributed by atoms with van der Waals surface area (Å²) in [5.41, 5.74) is 4.25. The van der Waals surface area contributed by atoms with Crippen molar-refractivity contribution in [3.63, 3.8) is 0 Å². The largest absolute Gasteiger partial charge is 0.493 e.